The average Bonchev–Trinajstić information content (AvgIpc) is 3.07. The molecule has 2 aromatic heterocycles. The van der Waals surface area contributed by atoms with Gasteiger partial charge in [0.25, 0.3) is 10.0 Å². The van der Waals surface area contributed by atoms with Gasteiger partial charge in [-0.25, -0.2) is 23.1 Å². The fourth-order valence-electron chi connectivity index (χ4n) is 1.69. The zero-order chi connectivity index (χ0) is 14.8. The first-order chi connectivity index (χ1) is 9.46. The van der Waals surface area contributed by atoms with Crippen molar-refractivity contribution >= 4 is 21.4 Å². The Morgan fingerprint density at radius 3 is 2.60 bits per heavy atom. The van der Waals surface area contributed by atoms with E-state index < -0.39 is 10.0 Å². The van der Waals surface area contributed by atoms with Crippen LogP contribution in [0.25, 0.3) is 0 Å². The number of rotatable bonds is 6. The molecule has 6 nitrogen and oxygen atoms in total. The van der Waals surface area contributed by atoms with E-state index in [0.29, 0.717) is 12.2 Å². The van der Waals surface area contributed by atoms with Crippen molar-refractivity contribution in [1.82, 2.24) is 19.7 Å². The molecular weight excluding hydrogens is 296 g/mol. The maximum atomic E-state index is 12.2. The number of sulfonamides is 1. The molecule has 1 atom stereocenters. The third-order valence-corrected chi connectivity index (χ3v) is 5.63. The summed E-state index contributed by atoms with van der Waals surface area (Å²) >= 11 is 1.52. The Labute approximate surface area is 122 Å². The van der Waals surface area contributed by atoms with Gasteiger partial charge < -0.3 is 4.98 Å². The fraction of sp³-hybridized carbons (Fsp3) is 0.500. The second kappa shape index (κ2) is 6.02. The van der Waals surface area contributed by atoms with Gasteiger partial charge in [-0.15, -0.1) is 11.3 Å². The third-order valence-electron chi connectivity index (χ3n) is 2.85. The maximum Gasteiger partial charge on any atom is 0.258 e. The minimum Gasteiger partial charge on any atom is -0.332 e. The Morgan fingerprint density at radius 1 is 1.30 bits per heavy atom. The summed E-state index contributed by atoms with van der Waals surface area (Å²) in [7, 11) is -3.60. The molecule has 8 heteroatoms. The van der Waals surface area contributed by atoms with Gasteiger partial charge in [0, 0.05) is 17.5 Å². The molecule has 20 heavy (non-hydrogen) atoms. The summed E-state index contributed by atoms with van der Waals surface area (Å²) in [6, 6.07) is -0.362. The Kier molecular flexibility index (Phi) is 4.56. The van der Waals surface area contributed by atoms with Crippen LogP contribution in [0.5, 0.6) is 0 Å². The minimum atomic E-state index is -3.60. The monoisotopic (exact) mass is 314 g/mol. The molecule has 0 aliphatic carbocycles. The highest BCUT2D eigenvalue weighted by atomic mass is 32.2. The van der Waals surface area contributed by atoms with Gasteiger partial charge in [-0.1, -0.05) is 13.8 Å². The third kappa shape index (κ3) is 3.25. The molecule has 0 saturated carbocycles. The molecule has 1 unspecified atom stereocenters. The lowest BCUT2D eigenvalue weighted by atomic mass is 10.4. The SMILES string of the molecule is CCc1ncc(S(=O)(=O)NC(C)c2ncc(CC)s2)[nH]1. The van der Waals surface area contributed by atoms with Gasteiger partial charge in [0.15, 0.2) is 5.03 Å². The summed E-state index contributed by atoms with van der Waals surface area (Å²) in [6.07, 6.45) is 4.69. The van der Waals surface area contributed by atoms with Crippen LogP contribution in [-0.4, -0.2) is 23.4 Å². The van der Waals surface area contributed by atoms with Crippen molar-refractivity contribution in [3.05, 3.63) is 28.1 Å². The maximum absolute atomic E-state index is 12.2. The number of nitrogens with zero attached hydrogens (tertiary/aromatic N) is 2. The highest BCUT2D eigenvalue weighted by Gasteiger charge is 2.22. The number of hydrogen-bond acceptors (Lipinski definition) is 5. The van der Waals surface area contributed by atoms with Crippen LogP contribution in [0.15, 0.2) is 17.4 Å². The molecule has 0 bridgehead atoms. The second-order valence-corrected chi connectivity index (χ2v) is 7.24. The van der Waals surface area contributed by atoms with Crippen molar-refractivity contribution in [2.45, 2.75) is 44.7 Å². The van der Waals surface area contributed by atoms with Crippen LogP contribution >= 0.6 is 11.3 Å². The number of thiazole rings is 1. The Hall–Kier alpha value is -1.25. The molecule has 2 heterocycles. The first-order valence-corrected chi connectivity index (χ1v) is 8.77. The van der Waals surface area contributed by atoms with Crippen LogP contribution in [0.1, 0.15) is 42.5 Å². The fourth-order valence-corrected chi connectivity index (χ4v) is 3.77. The van der Waals surface area contributed by atoms with E-state index in [4.69, 9.17) is 0 Å². The zero-order valence-electron chi connectivity index (χ0n) is 11.7. The predicted octanol–water partition coefficient (Wildman–Crippen LogP) is 2.03. The molecule has 0 aliphatic heterocycles. The van der Waals surface area contributed by atoms with Crippen LogP contribution < -0.4 is 4.72 Å². The standard InChI is InChI=1S/C12H18N4O2S2/c1-4-9-6-14-12(19-9)8(3)16-20(17,18)11-7-13-10(5-2)15-11/h6-8,16H,4-5H2,1-3H3,(H,13,15). The summed E-state index contributed by atoms with van der Waals surface area (Å²) in [5.41, 5.74) is 0. The molecule has 0 amide bonds. The Morgan fingerprint density at radius 2 is 2.05 bits per heavy atom. The zero-order valence-corrected chi connectivity index (χ0v) is 13.3. The van der Waals surface area contributed by atoms with Crippen molar-refractivity contribution in [3.63, 3.8) is 0 Å². The van der Waals surface area contributed by atoms with Gasteiger partial charge in [-0.05, 0) is 13.3 Å². The van der Waals surface area contributed by atoms with Gasteiger partial charge in [-0.3, -0.25) is 0 Å². The largest absolute Gasteiger partial charge is 0.332 e. The smallest absolute Gasteiger partial charge is 0.258 e. The van der Waals surface area contributed by atoms with E-state index in [9.17, 15) is 8.42 Å². The van der Waals surface area contributed by atoms with Crippen molar-refractivity contribution in [2.24, 2.45) is 0 Å². The van der Waals surface area contributed by atoms with Crippen molar-refractivity contribution in [3.8, 4) is 0 Å². The molecule has 0 spiro atoms. The van der Waals surface area contributed by atoms with E-state index in [-0.39, 0.29) is 11.1 Å². The Bertz CT molecular complexity index is 675. The molecular formula is C12H18N4O2S2. The lowest BCUT2D eigenvalue weighted by Gasteiger charge is -2.10. The number of aryl methyl sites for hydroxylation is 2. The number of aromatic nitrogens is 3. The molecule has 0 aliphatic rings. The molecule has 0 fully saturated rings. The van der Waals surface area contributed by atoms with Gasteiger partial charge in [0.2, 0.25) is 0 Å². The molecule has 2 N–H and O–H groups in total. The van der Waals surface area contributed by atoms with Crippen molar-refractivity contribution in [2.75, 3.05) is 0 Å². The highest BCUT2D eigenvalue weighted by Crippen LogP contribution is 2.21. The number of imidazole rings is 1. The number of nitrogens with one attached hydrogen (secondary N) is 2. The van der Waals surface area contributed by atoms with E-state index in [2.05, 4.69) is 19.7 Å². The number of aromatic amines is 1. The van der Waals surface area contributed by atoms with Gasteiger partial charge >= 0.3 is 0 Å². The van der Waals surface area contributed by atoms with Crippen LogP contribution in [0, 0.1) is 0 Å². The van der Waals surface area contributed by atoms with E-state index >= 15 is 0 Å². The molecule has 0 saturated heterocycles. The van der Waals surface area contributed by atoms with E-state index in [1.807, 2.05) is 13.8 Å². The van der Waals surface area contributed by atoms with E-state index in [0.717, 1.165) is 16.3 Å². The number of hydrogen-bond donors (Lipinski definition) is 2. The first-order valence-electron chi connectivity index (χ1n) is 6.47. The number of H-pyrrole nitrogens is 1. The van der Waals surface area contributed by atoms with Crippen molar-refractivity contribution < 1.29 is 8.42 Å². The lowest BCUT2D eigenvalue weighted by molar-refractivity contribution is 0.563. The topological polar surface area (TPSA) is 87.7 Å². The summed E-state index contributed by atoms with van der Waals surface area (Å²) in [4.78, 5) is 12.2. The molecule has 0 aromatic carbocycles. The molecule has 2 aromatic rings. The van der Waals surface area contributed by atoms with E-state index in [1.54, 1.807) is 13.1 Å². The van der Waals surface area contributed by atoms with Crippen LogP contribution in [-0.2, 0) is 22.9 Å². The van der Waals surface area contributed by atoms with Crippen LogP contribution in [0.3, 0.4) is 0 Å². The normalized spacial score (nSPS) is 13.6. The summed E-state index contributed by atoms with van der Waals surface area (Å²) in [5.74, 6) is 0.653. The molecule has 2 rings (SSSR count). The Balaban J connectivity index is 2.15. The molecule has 110 valence electrons. The molecule has 0 radical (unpaired) electrons. The first kappa shape index (κ1) is 15.1. The summed E-state index contributed by atoms with van der Waals surface area (Å²) in [6.45, 7) is 5.74. The van der Waals surface area contributed by atoms with Gasteiger partial charge in [-0.2, -0.15) is 0 Å². The van der Waals surface area contributed by atoms with Gasteiger partial charge in [0.1, 0.15) is 10.8 Å². The van der Waals surface area contributed by atoms with Crippen LogP contribution in [0.2, 0.25) is 0 Å². The minimum absolute atomic E-state index is 0.0912. The summed E-state index contributed by atoms with van der Waals surface area (Å²) < 4.78 is 27.0. The van der Waals surface area contributed by atoms with Crippen molar-refractivity contribution in [1.29, 1.82) is 0 Å². The predicted molar refractivity (Wildman–Crippen MR) is 78.2 cm³/mol. The summed E-state index contributed by atoms with van der Waals surface area (Å²) in [5, 5.41) is 0.856. The quantitative estimate of drug-likeness (QED) is 0.854. The average molecular weight is 314 g/mol. The second-order valence-electron chi connectivity index (χ2n) is 4.41. The lowest BCUT2D eigenvalue weighted by Crippen LogP contribution is -2.27. The highest BCUT2D eigenvalue weighted by molar-refractivity contribution is 7.89. The van der Waals surface area contributed by atoms with Gasteiger partial charge in [0.05, 0.1) is 12.2 Å². The van der Waals surface area contributed by atoms with Crippen LogP contribution in [0.4, 0.5) is 0 Å². The van der Waals surface area contributed by atoms with E-state index in [1.165, 1.54) is 17.5 Å².